The van der Waals surface area contributed by atoms with Crippen LogP contribution in [0.1, 0.15) is 0 Å². The lowest BCUT2D eigenvalue weighted by Crippen LogP contribution is -2.69. The summed E-state index contributed by atoms with van der Waals surface area (Å²) in [5.41, 5.74) is 0. The second-order valence-corrected chi connectivity index (χ2v) is 25.2. The van der Waals surface area contributed by atoms with Crippen molar-refractivity contribution in [1.29, 1.82) is 0 Å². The Morgan fingerprint density at radius 2 is 0.290 bits per heavy atom. The van der Waals surface area contributed by atoms with Gasteiger partial charge in [0.1, 0.15) is 220 Å². The maximum Gasteiger partial charge on any atom is 0.187 e. The molecule has 29 N–H and O–H groups in total. The smallest absolute Gasteiger partial charge is 0.187 e. The molecule has 9 heterocycles. The van der Waals surface area contributed by atoms with Gasteiger partial charge in [-0.3, -0.25) is 0 Å². The second kappa shape index (κ2) is 35.5. The fourth-order valence-electron chi connectivity index (χ4n) is 12.9. The predicted molar refractivity (Wildman–Crippen MR) is 297 cm³/mol. The van der Waals surface area contributed by atoms with Crippen molar-refractivity contribution in [3.8, 4) is 0 Å². The van der Waals surface area contributed by atoms with Gasteiger partial charge in [0.05, 0.1) is 59.5 Å². The van der Waals surface area contributed by atoms with Crippen molar-refractivity contribution in [2.45, 2.75) is 276 Å². The number of ether oxygens (including phenoxy) is 17. The Bertz CT molecular complexity index is 2460. The molecule has 9 rings (SSSR count). The van der Waals surface area contributed by atoms with Crippen molar-refractivity contribution in [2.75, 3.05) is 59.5 Å². The molecule has 45 atom stereocenters. The molecular formula is C54H92O46. The number of hydrogen-bond acceptors (Lipinski definition) is 46. The highest BCUT2D eigenvalue weighted by Crippen LogP contribution is 2.40. The Balaban J connectivity index is 0.883. The number of rotatable bonds is 25. The zero-order chi connectivity index (χ0) is 73.4. The summed E-state index contributed by atoms with van der Waals surface area (Å²) in [4.78, 5) is 0. The van der Waals surface area contributed by atoms with Gasteiger partial charge in [0.25, 0.3) is 0 Å². The van der Waals surface area contributed by atoms with Crippen LogP contribution in [0.25, 0.3) is 0 Å². The van der Waals surface area contributed by atoms with E-state index in [-0.39, 0.29) is 0 Å². The van der Waals surface area contributed by atoms with Crippen molar-refractivity contribution < 1.29 is 229 Å². The van der Waals surface area contributed by atoms with E-state index in [1.807, 2.05) is 0 Å². The fourth-order valence-corrected chi connectivity index (χ4v) is 12.9. The first-order valence-corrected chi connectivity index (χ1v) is 31.7. The molecule has 9 aliphatic heterocycles. The van der Waals surface area contributed by atoms with Gasteiger partial charge in [-0.1, -0.05) is 0 Å². The largest absolute Gasteiger partial charge is 0.394 e. The maximum atomic E-state index is 11.9. The Morgan fingerprint density at radius 1 is 0.150 bits per heavy atom. The molecule has 0 aromatic rings. The molecule has 9 fully saturated rings. The first-order valence-electron chi connectivity index (χ1n) is 31.7. The van der Waals surface area contributed by atoms with Gasteiger partial charge in [0, 0.05) is 0 Å². The summed E-state index contributed by atoms with van der Waals surface area (Å²) in [5.74, 6) is 0. The van der Waals surface area contributed by atoms with E-state index in [4.69, 9.17) is 80.5 Å². The van der Waals surface area contributed by atoms with Crippen LogP contribution in [0.3, 0.4) is 0 Å². The van der Waals surface area contributed by atoms with Gasteiger partial charge in [0.2, 0.25) is 0 Å². The summed E-state index contributed by atoms with van der Waals surface area (Å²) in [5, 5.41) is 315. The van der Waals surface area contributed by atoms with Gasteiger partial charge in [-0.2, -0.15) is 0 Å². The summed E-state index contributed by atoms with van der Waals surface area (Å²) < 4.78 is 95.1. The molecule has 584 valence electrons. The molecule has 0 saturated carbocycles. The third-order valence-corrected chi connectivity index (χ3v) is 18.8. The van der Waals surface area contributed by atoms with Gasteiger partial charge < -0.3 is 229 Å². The summed E-state index contributed by atoms with van der Waals surface area (Å²) in [6.45, 7) is -9.62. The molecule has 46 heteroatoms. The van der Waals surface area contributed by atoms with Crippen molar-refractivity contribution in [2.24, 2.45) is 0 Å². The summed E-state index contributed by atoms with van der Waals surface area (Å²) in [6, 6.07) is 0. The van der Waals surface area contributed by atoms with Gasteiger partial charge in [-0.05, 0) is 0 Å². The van der Waals surface area contributed by atoms with Crippen LogP contribution >= 0.6 is 0 Å². The summed E-state index contributed by atoms with van der Waals surface area (Å²) >= 11 is 0. The zero-order valence-corrected chi connectivity index (χ0v) is 52.3. The standard InChI is InChI=1S/C54H92O46/c55-1-10-19(64)28(73)29(74)47(85-10)94-39-21(66)12(3-57)87-49(31(39)76)96-41-23(68)14(5-59)89-51(33(41)78)98-43-25(70)16(7-61)91-53(35(43)80)100-45-27(72)18(9-63)92-54(37(45)82)99-44-26(71)17(8-62)90-52(36(44)81)97-42-24(69)15(6-60)88-50(34(42)79)95-40-22(67)13(4-58)86-48(32(40)77)93-38-20(65)11(2-56)84-46(83)30(38)75/h10-83H,1-9H2/t10-,11-,12-,13-,14-,15-,16-,17-,18-,19-,20-,21-,22-,23-,24-,25-,26-,27-,28+,29-,30-,31-,32-,33-,34-,35-,36-,37-,38+,39+,40+,41+,42+,43+,44+,45+,46+,47-,48-,49-,50-,51-,52-,53-,54-/m1/s1. The number of hydrogen-bond donors (Lipinski definition) is 29. The molecule has 0 aliphatic carbocycles. The maximum absolute atomic E-state index is 11.9. The number of aliphatic hydroxyl groups is 29. The van der Waals surface area contributed by atoms with Gasteiger partial charge in [-0.15, -0.1) is 0 Å². The molecule has 9 saturated heterocycles. The normalized spacial score (nSPS) is 53.7. The fraction of sp³-hybridized carbons (Fsp3) is 1.00. The molecule has 0 radical (unpaired) electrons. The van der Waals surface area contributed by atoms with Crippen molar-refractivity contribution in [3.63, 3.8) is 0 Å². The van der Waals surface area contributed by atoms with Crippen LogP contribution in [0.4, 0.5) is 0 Å². The van der Waals surface area contributed by atoms with Crippen LogP contribution in [-0.2, 0) is 80.5 Å². The highest BCUT2D eigenvalue weighted by atomic mass is 16.8. The highest BCUT2D eigenvalue weighted by Gasteiger charge is 2.61. The molecule has 0 spiro atoms. The molecule has 9 aliphatic rings. The average Bonchev–Trinajstić information content (AvgIpc) is 0.773. The van der Waals surface area contributed by atoms with Crippen LogP contribution in [0.2, 0.25) is 0 Å². The van der Waals surface area contributed by atoms with Crippen LogP contribution < -0.4 is 0 Å². The highest BCUT2D eigenvalue weighted by molar-refractivity contribution is 5.03. The Morgan fingerprint density at radius 3 is 0.460 bits per heavy atom. The predicted octanol–water partition coefficient (Wildman–Crippen LogP) is -20.6. The number of aliphatic hydroxyl groups excluding tert-OH is 29. The van der Waals surface area contributed by atoms with E-state index in [0.29, 0.717) is 0 Å². The third kappa shape index (κ3) is 16.7. The van der Waals surface area contributed by atoms with E-state index in [0.717, 1.165) is 0 Å². The van der Waals surface area contributed by atoms with Crippen LogP contribution in [0.5, 0.6) is 0 Å². The molecule has 100 heavy (non-hydrogen) atoms. The third-order valence-electron chi connectivity index (χ3n) is 18.8. The average molecular weight is 1480 g/mol. The van der Waals surface area contributed by atoms with Crippen LogP contribution in [0.15, 0.2) is 0 Å². The summed E-state index contributed by atoms with van der Waals surface area (Å²) in [7, 11) is 0. The van der Waals surface area contributed by atoms with E-state index in [1.165, 1.54) is 0 Å². The lowest BCUT2D eigenvalue weighted by molar-refractivity contribution is -0.403. The second-order valence-electron chi connectivity index (χ2n) is 25.2. The van der Waals surface area contributed by atoms with Crippen molar-refractivity contribution in [3.05, 3.63) is 0 Å². The minimum atomic E-state index is -2.43. The monoisotopic (exact) mass is 1480 g/mol. The Labute approximate surface area is 563 Å². The summed E-state index contributed by atoms with van der Waals surface area (Å²) in [6.07, 6.45) is -93.9. The lowest BCUT2D eigenvalue weighted by atomic mass is 9.95. The first kappa shape index (κ1) is 82.2. The van der Waals surface area contributed by atoms with Crippen molar-refractivity contribution in [1.82, 2.24) is 0 Å². The van der Waals surface area contributed by atoms with Crippen molar-refractivity contribution >= 4 is 0 Å². The van der Waals surface area contributed by atoms with Crippen LogP contribution in [-0.4, -0.2) is 484 Å². The van der Waals surface area contributed by atoms with E-state index >= 15 is 0 Å². The lowest BCUT2D eigenvalue weighted by Gasteiger charge is -2.50. The van der Waals surface area contributed by atoms with Gasteiger partial charge >= 0.3 is 0 Å². The Hall–Kier alpha value is -1.84. The van der Waals surface area contributed by atoms with Gasteiger partial charge in [-0.25, -0.2) is 0 Å². The molecule has 0 amide bonds. The molecule has 46 nitrogen and oxygen atoms in total. The minimum absolute atomic E-state index is 0.907. The van der Waals surface area contributed by atoms with E-state index in [2.05, 4.69) is 0 Å². The van der Waals surface area contributed by atoms with E-state index < -0.39 is 336 Å². The molecule has 0 aromatic heterocycles. The molecule has 0 unspecified atom stereocenters. The Kier molecular flexibility index (Phi) is 29.2. The van der Waals surface area contributed by atoms with E-state index in [1.54, 1.807) is 0 Å². The zero-order valence-electron chi connectivity index (χ0n) is 52.3. The minimum Gasteiger partial charge on any atom is -0.394 e. The topological polar surface area (TPSA) is 744 Å². The molecule has 0 bridgehead atoms. The van der Waals surface area contributed by atoms with E-state index in [9.17, 15) is 148 Å². The SMILES string of the molecule is OC[C@H]1O[C@H](O[C@@H]2[C@@H](O)[C@@H](O[C@@H]3[C@@H](O)[C@@H](O[C@@H]4[C@@H](O)[C@@H](O[C@@H]5[C@@H](O)[C@@H](O[C@@H]6[C@@H](O)[C@@H](O[C@@H]7[C@@H](O)[C@@H](O[C@@H]8[C@@H](O)[C@@H](O[C@@H]9[C@@H](O)[C@@H](O)O[C@H](CO)[C@H]9O)O[C@H](CO)[C@H]8O)O[C@H](CO)[C@H]7O)O[C@H](CO)[C@H]6O)O[C@H](CO)[C@H]5O)O[C@H](CO)[C@H]4O)O[C@H](CO)[C@H]3O)O[C@H](CO)[C@H]2O)[C@H](O)[C@@H](O)[C@@H]1O. The van der Waals surface area contributed by atoms with Gasteiger partial charge in [0.15, 0.2) is 56.6 Å². The quantitative estimate of drug-likeness (QED) is 0.0404. The first-order chi connectivity index (χ1) is 47.5. The molecule has 0 aromatic carbocycles. The molecular weight excluding hydrogens is 1380 g/mol. The van der Waals surface area contributed by atoms with Crippen LogP contribution in [0, 0.1) is 0 Å².